The highest BCUT2D eigenvalue weighted by Crippen LogP contribution is 2.01. The monoisotopic (exact) mass is 346 g/mol. The van der Waals surface area contributed by atoms with Gasteiger partial charge < -0.3 is 9.47 Å². The van der Waals surface area contributed by atoms with Crippen molar-refractivity contribution in [3.8, 4) is 11.8 Å². The van der Waals surface area contributed by atoms with Crippen molar-refractivity contribution in [2.24, 2.45) is 0 Å². The molecule has 0 heterocycles. The summed E-state index contributed by atoms with van der Waals surface area (Å²) in [7, 11) is 0. The number of benzene rings is 2. The first kappa shape index (κ1) is 18.8. The predicted octanol–water partition coefficient (Wildman–Crippen LogP) is 3.50. The molecule has 130 valence electrons. The molecule has 0 fully saturated rings. The van der Waals surface area contributed by atoms with Gasteiger partial charge in [0.25, 0.3) is 0 Å². The quantitative estimate of drug-likeness (QED) is 0.456. The van der Waals surface area contributed by atoms with Gasteiger partial charge in [-0.05, 0) is 23.3 Å². The van der Waals surface area contributed by atoms with Gasteiger partial charge in [0.2, 0.25) is 0 Å². The van der Waals surface area contributed by atoms with Gasteiger partial charge in [0, 0.05) is 12.2 Å². The topological polar surface area (TPSA) is 52.6 Å². The summed E-state index contributed by atoms with van der Waals surface area (Å²) in [5, 5.41) is 0. The third-order valence-electron chi connectivity index (χ3n) is 3.12. The number of carbonyl (C=O) groups excluding carboxylic acids is 2. The molecule has 4 nitrogen and oxygen atoms in total. The first-order chi connectivity index (χ1) is 12.7. The van der Waals surface area contributed by atoms with E-state index < -0.39 is 11.9 Å². The first-order valence-electron chi connectivity index (χ1n) is 7.99. The molecule has 0 saturated carbocycles. The van der Waals surface area contributed by atoms with Crippen molar-refractivity contribution in [3.63, 3.8) is 0 Å². The Labute approximate surface area is 152 Å². The molecule has 2 aromatic carbocycles. The normalized spacial score (nSPS) is 10.3. The lowest BCUT2D eigenvalue weighted by Gasteiger charge is -1.96. The molecule has 0 aromatic heterocycles. The van der Waals surface area contributed by atoms with E-state index in [1.54, 1.807) is 12.2 Å². The van der Waals surface area contributed by atoms with Gasteiger partial charge in [0.1, 0.15) is 0 Å². The standard InChI is InChI=1S/C22H18O4/c23-21(15-13-19-9-3-1-4-10-19)25-17-7-8-18-26-22(24)16-14-20-11-5-2-6-12-20/h1-6,9-16H,17-18H2. The second kappa shape index (κ2) is 11.1. The molecular formula is C22H18O4. The third kappa shape index (κ3) is 7.80. The number of rotatable bonds is 6. The van der Waals surface area contributed by atoms with Crippen molar-refractivity contribution in [1.29, 1.82) is 0 Å². The zero-order valence-electron chi connectivity index (χ0n) is 14.1. The highest BCUT2D eigenvalue weighted by Gasteiger charge is 1.95. The molecule has 0 aliphatic heterocycles. The molecule has 26 heavy (non-hydrogen) atoms. The number of hydrogen-bond acceptors (Lipinski definition) is 4. The smallest absolute Gasteiger partial charge is 0.331 e. The van der Waals surface area contributed by atoms with Crippen LogP contribution < -0.4 is 0 Å². The molecule has 2 rings (SSSR count). The van der Waals surface area contributed by atoms with Crippen molar-refractivity contribution < 1.29 is 19.1 Å². The fourth-order valence-corrected chi connectivity index (χ4v) is 1.87. The van der Waals surface area contributed by atoms with E-state index >= 15 is 0 Å². The molecule has 0 atom stereocenters. The SMILES string of the molecule is O=C(C=Cc1ccccc1)OCC#CCOC(=O)C=Cc1ccccc1. The fraction of sp³-hybridized carbons (Fsp3) is 0.0909. The van der Waals surface area contributed by atoms with Gasteiger partial charge in [0.15, 0.2) is 13.2 Å². The van der Waals surface area contributed by atoms with Crippen molar-refractivity contribution in [2.45, 2.75) is 0 Å². The lowest BCUT2D eigenvalue weighted by Crippen LogP contribution is -2.02. The van der Waals surface area contributed by atoms with Gasteiger partial charge in [-0.25, -0.2) is 9.59 Å². The van der Waals surface area contributed by atoms with Gasteiger partial charge in [0.05, 0.1) is 0 Å². The van der Waals surface area contributed by atoms with E-state index in [2.05, 4.69) is 11.8 Å². The summed E-state index contributed by atoms with van der Waals surface area (Å²) >= 11 is 0. The molecule has 0 spiro atoms. The summed E-state index contributed by atoms with van der Waals surface area (Å²) in [5.41, 5.74) is 1.82. The van der Waals surface area contributed by atoms with E-state index in [1.165, 1.54) is 12.2 Å². The minimum atomic E-state index is -0.481. The average Bonchev–Trinajstić information content (AvgIpc) is 2.69. The Balaban J connectivity index is 1.63. The minimum Gasteiger partial charge on any atom is -0.449 e. The zero-order chi connectivity index (χ0) is 18.5. The van der Waals surface area contributed by atoms with Crippen LogP contribution in [0.4, 0.5) is 0 Å². The van der Waals surface area contributed by atoms with Crippen molar-refractivity contribution in [1.82, 2.24) is 0 Å². The second-order valence-electron chi connectivity index (χ2n) is 5.06. The maximum absolute atomic E-state index is 11.5. The molecule has 2 aromatic rings. The van der Waals surface area contributed by atoms with E-state index in [4.69, 9.17) is 9.47 Å². The summed E-state index contributed by atoms with van der Waals surface area (Å²) < 4.78 is 9.84. The van der Waals surface area contributed by atoms with Crippen LogP contribution in [-0.4, -0.2) is 25.2 Å². The zero-order valence-corrected chi connectivity index (χ0v) is 14.1. The lowest BCUT2D eigenvalue weighted by molar-refractivity contribution is -0.137. The Morgan fingerprint density at radius 1 is 0.692 bits per heavy atom. The van der Waals surface area contributed by atoms with E-state index in [9.17, 15) is 9.59 Å². The second-order valence-corrected chi connectivity index (χ2v) is 5.06. The van der Waals surface area contributed by atoms with Crippen LogP contribution in [-0.2, 0) is 19.1 Å². The van der Waals surface area contributed by atoms with Crippen LogP contribution in [0.25, 0.3) is 12.2 Å². The van der Waals surface area contributed by atoms with Gasteiger partial charge in [-0.1, -0.05) is 72.5 Å². The highest BCUT2D eigenvalue weighted by molar-refractivity contribution is 5.87. The minimum absolute atomic E-state index is 0.0602. The summed E-state index contributed by atoms with van der Waals surface area (Å²) in [4.78, 5) is 23.0. The van der Waals surface area contributed by atoms with Gasteiger partial charge in [-0.3, -0.25) is 0 Å². The molecule has 0 aliphatic carbocycles. The molecule has 0 saturated heterocycles. The van der Waals surface area contributed by atoms with Crippen LogP contribution in [0.1, 0.15) is 11.1 Å². The van der Waals surface area contributed by atoms with Gasteiger partial charge in [-0.15, -0.1) is 0 Å². The number of esters is 2. The molecule has 0 N–H and O–H groups in total. The summed E-state index contributed by atoms with van der Waals surface area (Å²) in [6.45, 7) is -0.120. The largest absolute Gasteiger partial charge is 0.449 e. The summed E-state index contributed by atoms with van der Waals surface area (Å²) in [6.07, 6.45) is 6.00. The van der Waals surface area contributed by atoms with Crippen LogP contribution in [0.5, 0.6) is 0 Å². The maximum atomic E-state index is 11.5. The molecule has 0 bridgehead atoms. The third-order valence-corrected chi connectivity index (χ3v) is 3.12. The number of ether oxygens (including phenoxy) is 2. The molecule has 0 unspecified atom stereocenters. The Hall–Kier alpha value is -3.58. The lowest BCUT2D eigenvalue weighted by atomic mass is 10.2. The maximum Gasteiger partial charge on any atom is 0.331 e. The summed E-state index contributed by atoms with van der Waals surface area (Å²) in [5.74, 6) is 4.27. The van der Waals surface area contributed by atoms with Crippen LogP contribution in [0, 0.1) is 11.8 Å². The average molecular weight is 346 g/mol. The summed E-state index contributed by atoms with van der Waals surface area (Å²) in [6, 6.07) is 18.8. The van der Waals surface area contributed by atoms with Crippen molar-refractivity contribution in [2.75, 3.05) is 13.2 Å². The van der Waals surface area contributed by atoms with E-state index in [0.29, 0.717) is 0 Å². The molecule has 0 amide bonds. The Morgan fingerprint density at radius 2 is 1.08 bits per heavy atom. The van der Waals surface area contributed by atoms with E-state index in [0.717, 1.165) is 11.1 Å². The highest BCUT2D eigenvalue weighted by atomic mass is 16.5. The van der Waals surface area contributed by atoms with Crippen LogP contribution in [0.15, 0.2) is 72.8 Å². The molecule has 0 aliphatic rings. The van der Waals surface area contributed by atoms with Crippen molar-refractivity contribution >= 4 is 24.1 Å². The molecular weight excluding hydrogens is 328 g/mol. The van der Waals surface area contributed by atoms with Gasteiger partial charge >= 0.3 is 11.9 Å². The van der Waals surface area contributed by atoms with Crippen LogP contribution in [0.3, 0.4) is 0 Å². The van der Waals surface area contributed by atoms with E-state index in [-0.39, 0.29) is 13.2 Å². The first-order valence-corrected chi connectivity index (χ1v) is 7.99. The Morgan fingerprint density at radius 3 is 1.46 bits per heavy atom. The Kier molecular flexibility index (Phi) is 7.98. The molecule has 0 radical (unpaired) electrons. The van der Waals surface area contributed by atoms with Crippen LogP contribution >= 0.6 is 0 Å². The molecule has 4 heteroatoms. The van der Waals surface area contributed by atoms with Crippen LogP contribution in [0.2, 0.25) is 0 Å². The Bertz CT molecular complexity index is 755. The fourth-order valence-electron chi connectivity index (χ4n) is 1.87. The van der Waals surface area contributed by atoms with Crippen molar-refractivity contribution in [3.05, 3.63) is 83.9 Å². The van der Waals surface area contributed by atoms with E-state index in [1.807, 2.05) is 60.7 Å². The predicted molar refractivity (Wildman–Crippen MR) is 101 cm³/mol. The van der Waals surface area contributed by atoms with Gasteiger partial charge in [-0.2, -0.15) is 0 Å². The number of carbonyl (C=O) groups is 2. The number of hydrogen-bond donors (Lipinski definition) is 0.